The smallest absolute Gasteiger partial charge is 0.306 e. The van der Waals surface area contributed by atoms with Gasteiger partial charge in [0.25, 0.3) is 0 Å². The molecule has 0 aliphatic heterocycles. The molecule has 0 saturated heterocycles. The van der Waals surface area contributed by atoms with Gasteiger partial charge in [0.2, 0.25) is 0 Å². The van der Waals surface area contributed by atoms with Crippen molar-refractivity contribution in [2.45, 2.75) is 59.5 Å². The van der Waals surface area contributed by atoms with Crippen LogP contribution in [0.25, 0.3) is 0 Å². The second kappa shape index (κ2) is 9.02. The summed E-state index contributed by atoms with van der Waals surface area (Å²) in [4.78, 5) is 22.5. The average Bonchev–Trinajstić information content (AvgIpc) is 2.22. The summed E-state index contributed by atoms with van der Waals surface area (Å²) in [5.74, 6) is -0.180. The van der Waals surface area contributed by atoms with Gasteiger partial charge in [-0.1, -0.05) is 27.2 Å². The molecule has 0 aliphatic rings. The van der Waals surface area contributed by atoms with Crippen molar-refractivity contribution in [1.82, 2.24) is 0 Å². The predicted octanol–water partition coefficient (Wildman–Crippen LogP) is 2.70. The Hall–Kier alpha value is -1.06. The Kier molecular flexibility index (Phi) is 8.46. The number of unbranched alkanes of at least 4 members (excludes halogenated alkanes) is 1. The van der Waals surface area contributed by atoms with E-state index in [4.69, 9.17) is 9.47 Å². The number of hydrogen-bond acceptors (Lipinski definition) is 4. The van der Waals surface area contributed by atoms with Crippen LogP contribution in [0.1, 0.15) is 53.4 Å². The fourth-order valence-electron chi connectivity index (χ4n) is 1.24. The van der Waals surface area contributed by atoms with E-state index in [1.807, 2.05) is 20.8 Å². The van der Waals surface area contributed by atoms with Gasteiger partial charge in [0, 0.05) is 12.8 Å². The maximum Gasteiger partial charge on any atom is 0.306 e. The molecule has 17 heavy (non-hydrogen) atoms. The Morgan fingerprint density at radius 2 is 1.76 bits per heavy atom. The SMILES string of the molecule is CCCCC(=O)OC(C)COC(=O)CC(C)C. The number of carbonyl (C=O) groups excluding carboxylic acids is 2. The van der Waals surface area contributed by atoms with Gasteiger partial charge < -0.3 is 9.47 Å². The lowest BCUT2D eigenvalue weighted by molar-refractivity contribution is -0.158. The van der Waals surface area contributed by atoms with Gasteiger partial charge >= 0.3 is 11.9 Å². The first kappa shape index (κ1) is 15.9. The standard InChI is InChI=1S/C13H24O4/c1-5-6-7-12(14)17-11(4)9-16-13(15)8-10(2)3/h10-11H,5-9H2,1-4H3. The lowest BCUT2D eigenvalue weighted by Gasteiger charge is -2.14. The Bertz CT molecular complexity index is 236. The second-order valence-corrected chi connectivity index (χ2v) is 4.69. The van der Waals surface area contributed by atoms with Crippen molar-refractivity contribution in [2.75, 3.05) is 6.61 Å². The van der Waals surface area contributed by atoms with Crippen molar-refractivity contribution >= 4 is 11.9 Å². The maximum absolute atomic E-state index is 11.3. The molecule has 1 atom stereocenters. The molecule has 1 unspecified atom stereocenters. The lowest BCUT2D eigenvalue weighted by Crippen LogP contribution is -2.22. The highest BCUT2D eigenvalue weighted by Gasteiger charge is 2.12. The molecule has 0 N–H and O–H groups in total. The van der Waals surface area contributed by atoms with Crippen LogP contribution in [-0.2, 0) is 19.1 Å². The Morgan fingerprint density at radius 1 is 1.12 bits per heavy atom. The molecule has 0 aromatic rings. The van der Waals surface area contributed by atoms with Crippen molar-refractivity contribution in [1.29, 1.82) is 0 Å². The van der Waals surface area contributed by atoms with E-state index in [1.54, 1.807) is 6.92 Å². The van der Waals surface area contributed by atoms with Crippen LogP contribution in [0.4, 0.5) is 0 Å². The molecule has 0 bridgehead atoms. The monoisotopic (exact) mass is 244 g/mol. The van der Waals surface area contributed by atoms with Crippen LogP contribution in [0, 0.1) is 5.92 Å². The van der Waals surface area contributed by atoms with Crippen LogP contribution < -0.4 is 0 Å². The van der Waals surface area contributed by atoms with Crippen LogP contribution in [0.2, 0.25) is 0 Å². The summed E-state index contributed by atoms with van der Waals surface area (Å²) in [7, 11) is 0. The number of rotatable bonds is 8. The van der Waals surface area contributed by atoms with Crippen LogP contribution >= 0.6 is 0 Å². The molecule has 0 rings (SSSR count). The first-order chi connectivity index (χ1) is 7.95. The quantitative estimate of drug-likeness (QED) is 0.616. The highest BCUT2D eigenvalue weighted by Crippen LogP contribution is 2.04. The van der Waals surface area contributed by atoms with Crippen LogP contribution in [0.5, 0.6) is 0 Å². The predicted molar refractivity (Wildman–Crippen MR) is 65.5 cm³/mol. The highest BCUT2D eigenvalue weighted by molar-refractivity contribution is 5.70. The van der Waals surface area contributed by atoms with Crippen molar-refractivity contribution in [3.63, 3.8) is 0 Å². The van der Waals surface area contributed by atoms with Gasteiger partial charge in [0.1, 0.15) is 12.7 Å². The molecule has 0 fully saturated rings. The molecule has 0 aromatic heterocycles. The average molecular weight is 244 g/mol. The molecule has 0 radical (unpaired) electrons. The summed E-state index contributed by atoms with van der Waals surface area (Å²) in [6, 6.07) is 0. The Balaban J connectivity index is 3.68. The van der Waals surface area contributed by atoms with Crippen molar-refractivity contribution < 1.29 is 19.1 Å². The third-order valence-corrected chi connectivity index (χ3v) is 2.12. The largest absolute Gasteiger partial charge is 0.462 e. The highest BCUT2D eigenvalue weighted by atomic mass is 16.6. The van der Waals surface area contributed by atoms with E-state index in [-0.39, 0.29) is 30.6 Å². The minimum absolute atomic E-state index is 0.142. The van der Waals surface area contributed by atoms with E-state index in [0.29, 0.717) is 12.8 Å². The zero-order valence-electron chi connectivity index (χ0n) is 11.3. The third kappa shape index (κ3) is 9.85. The molecule has 4 nitrogen and oxygen atoms in total. The second-order valence-electron chi connectivity index (χ2n) is 4.69. The van der Waals surface area contributed by atoms with E-state index in [9.17, 15) is 9.59 Å². The number of carbonyl (C=O) groups is 2. The summed E-state index contributed by atoms with van der Waals surface area (Å²) < 4.78 is 10.1. The summed E-state index contributed by atoms with van der Waals surface area (Å²) in [5.41, 5.74) is 0. The summed E-state index contributed by atoms with van der Waals surface area (Å²) >= 11 is 0. The number of esters is 2. The molecule has 0 amide bonds. The molecule has 0 saturated carbocycles. The van der Waals surface area contributed by atoms with Crippen molar-refractivity contribution in [3.05, 3.63) is 0 Å². The van der Waals surface area contributed by atoms with Crippen molar-refractivity contribution in [2.24, 2.45) is 5.92 Å². The minimum atomic E-state index is -0.365. The molecule has 4 heteroatoms. The van der Waals surface area contributed by atoms with Gasteiger partial charge in [-0.2, -0.15) is 0 Å². The first-order valence-corrected chi connectivity index (χ1v) is 6.30. The summed E-state index contributed by atoms with van der Waals surface area (Å²) in [6.45, 7) is 7.80. The van der Waals surface area contributed by atoms with Crippen LogP contribution in [-0.4, -0.2) is 24.6 Å². The minimum Gasteiger partial charge on any atom is -0.462 e. The Labute approximate surface area is 104 Å². The van der Waals surface area contributed by atoms with E-state index in [0.717, 1.165) is 12.8 Å². The number of hydrogen-bond donors (Lipinski definition) is 0. The third-order valence-electron chi connectivity index (χ3n) is 2.12. The van der Waals surface area contributed by atoms with Gasteiger partial charge in [-0.3, -0.25) is 9.59 Å². The van der Waals surface area contributed by atoms with Gasteiger partial charge in [-0.15, -0.1) is 0 Å². The fourth-order valence-corrected chi connectivity index (χ4v) is 1.24. The fraction of sp³-hybridized carbons (Fsp3) is 0.846. The molecule has 0 aromatic carbocycles. The van der Waals surface area contributed by atoms with Crippen LogP contribution in [0.15, 0.2) is 0 Å². The number of ether oxygens (including phenoxy) is 2. The molecule has 100 valence electrons. The normalized spacial score (nSPS) is 12.3. The van der Waals surface area contributed by atoms with Gasteiger partial charge in [-0.05, 0) is 19.3 Å². The van der Waals surface area contributed by atoms with Gasteiger partial charge in [0.15, 0.2) is 0 Å². The topological polar surface area (TPSA) is 52.6 Å². The zero-order chi connectivity index (χ0) is 13.3. The first-order valence-electron chi connectivity index (χ1n) is 6.30. The van der Waals surface area contributed by atoms with E-state index >= 15 is 0 Å². The van der Waals surface area contributed by atoms with Gasteiger partial charge in [-0.25, -0.2) is 0 Å². The molecule has 0 heterocycles. The van der Waals surface area contributed by atoms with Crippen LogP contribution in [0.3, 0.4) is 0 Å². The molecular formula is C13H24O4. The molecule has 0 aliphatic carbocycles. The van der Waals surface area contributed by atoms with E-state index in [1.165, 1.54) is 0 Å². The molecular weight excluding hydrogens is 220 g/mol. The van der Waals surface area contributed by atoms with E-state index < -0.39 is 0 Å². The summed E-state index contributed by atoms with van der Waals surface area (Å²) in [6.07, 6.45) is 2.26. The van der Waals surface area contributed by atoms with E-state index in [2.05, 4.69) is 0 Å². The summed E-state index contributed by atoms with van der Waals surface area (Å²) in [5, 5.41) is 0. The lowest BCUT2D eigenvalue weighted by atomic mass is 10.1. The maximum atomic E-state index is 11.3. The van der Waals surface area contributed by atoms with Crippen molar-refractivity contribution in [3.8, 4) is 0 Å². The Morgan fingerprint density at radius 3 is 2.29 bits per heavy atom. The molecule has 0 spiro atoms. The zero-order valence-corrected chi connectivity index (χ0v) is 11.3. The van der Waals surface area contributed by atoms with Gasteiger partial charge in [0.05, 0.1) is 0 Å².